The molecule has 0 spiro atoms. The van der Waals surface area contributed by atoms with Crippen LogP contribution in [0.4, 0.5) is 0 Å². The van der Waals surface area contributed by atoms with Crippen molar-refractivity contribution in [1.29, 1.82) is 0 Å². The molecule has 2 nitrogen and oxygen atoms in total. The van der Waals surface area contributed by atoms with Gasteiger partial charge in [-0.15, -0.1) is 23.5 Å². The Morgan fingerprint density at radius 1 is 1.04 bits per heavy atom. The van der Waals surface area contributed by atoms with Crippen LogP contribution in [0, 0.1) is 6.92 Å². The highest BCUT2D eigenvalue weighted by Crippen LogP contribution is 2.39. The maximum atomic E-state index is 12.8. The summed E-state index contributed by atoms with van der Waals surface area (Å²) in [6.07, 6.45) is 1.26. The summed E-state index contributed by atoms with van der Waals surface area (Å²) < 4.78 is 16.5. The molecule has 1 heterocycles. The zero-order valence-electron chi connectivity index (χ0n) is 13.1. The molecule has 2 aromatic carbocycles. The number of nitrogens with one attached hydrogen (secondary N) is 1. The third-order valence-corrected chi connectivity index (χ3v) is 7.99. The molecule has 1 saturated heterocycles. The molecule has 2 aromatic rings. The molecule has 0 radical (unpaired) electrons. The average molecular weight is 364 g/mol. The summed E-state index contributed by atoms with van der Waals surface area (Å²) in [5.41, 5.74) is 2.39. The van der Waals surface area contributed by atoms with Crippen molar-refractivity contribution in [1.82, 2.24) is 4.72 Å². The summed E-state index contributed by atoms with van der Waals surface area (Å²) in [4.78, 5) is 0.836. The van der Waals surface area contributed by atoms with E-state index in [4.69, 9.17) is 0 Å². The van der Waals surface area contributed by atoms with Crippen LogP contribution in [0.1, 0.15) is 23.6 Å². The molecular formula is C18H21NOS3. The van der Waals surface area contributed by atoms with Crippen molar-refractivity contribution in [2.24, 2.45) is 0 Å². The predicted octanol–water partition coefficient (Wildman–Crippen LogP) is 4.54. The molecule has 23 heavy (non-hydrogen) atoms. The molecule has 3 rings (SSSR count). The van der Waals surface area contributed by atoms with E-state index in [0.717, 1.165) is 4.90 Å². The van der Waals surface area contributed by atoms with Gasteiger partial charge in [-0.2, -0.15) is 0 Å². The molecule has 0 saturated carbocycles. The molecule has 0 amide bonds. The maximum Gasteiger partial charge on any atom is 0.125 e. The average Bonchev–Trinajstić information content (AvgIpc) is 2.61. The van der Waals surface area contributed by atoms with Gasteiger partial charge >= 0.3 is 0 Å². The summed E-state index contributed by atoms with van der Waals surface area (Å²) in [6, 6.07) is 18.4. The normalized spacial score (nSPS) is 18.5. The van der Waals surface area contributed by atoms with E-state index in [2.05, 4.69) is 29.0 Å². The quantitative estimate of drug-likeness (QED) is 0.845. The van der Waals surface area contributed by atoms with E-state index in [9.17, 15) is 4.21 Å². The van der Waals surface area contributed by atoms with E-state index in [1.54, 1.807) is 0 Å². The van der Waals surface area contributed by atoms with Crippen LogP contribution in [0.15, 0.2) is 59.5 Å². The van der Waals surface area contributed by atoms with Crippen LogP contribution < -0.4 is 4.72 Å². The molecule has 0 aliphatic carbocycles. The summed E-state index contributed by atoms with van der Waals surface area (Å²) in [5, 5.41) is 0. The van der Waals surface area contributed by atoms with Crippen LogP contribution in [0.2, 0.25) is 0 Å². The first-order valence-corrected chi connectivity index (χ1v) is 11.0. The highest BCUT2D eigenvalue weighted by atomic mass is 32.2. The lowest BCUT2D eigenvalue weighted by atomic mass is 10.1. The van der Waals surface area contributed by atoms with Crippen LogP contribution in [0.3, 0.4) is 0 Å². The Bertz CT molecular complexity index is 639. The van der Waals surface area contributed by atoms with Crippen molar-refractivity contribution < 1.29 is 4.21 Å². The largest absolute Gasteiger partial charge is 0.237 e. The van der Waals surface area contributed by atoms with Crippen molar-refractivity contribution in [2.45, 2.75) is 28.9 Å². The van der Waals surface area contributed by atoms with Gasteiger partial charge in [0.15, 0.2) is 0 Å². The van der Waals surface area contributed by atoms with Crippen molar-refractivity contribution in [3.05, 3.63) is 65.7 Å². The lowest BCUT2D eigenvalue weighted by Gasteiger charge is -2.30. The smallest absolute Gasteiger partial charge is 0.125 e. The molecule has 5 heteroatoms. The number of hydrogen-bond acceptors (Lipinski definition) is 3. The molecule has 0 unspecified atom stereocenters. The minimum atomic E-state index is -1.20. The minimum Gasteiger partial charge on any atom is -0.237 e. The summed E-state index contributed by atoms with van der Waals surface area (Å²) >= 11 is 3.94. The van der Waals surface area contributed by atoms with Gasteiger partial charge in [-0.25, -0.2) is 8.93 Å². The van der Waals surface area contributed by atoms with E-state index in [1.807, 2.05) is 60.8 Å². The first-order chi connectivity index (χ1) is 11.2. The van der Waals surface area contributed by atoms with Gasteiger partial charge in [-0.3, -0.25) is 0 Å². The third kappa shape index (κ3) is 4.63. The van der Waals surface area contributed by atoms with E-state index in [0.29, 0.717) is 4.58 Å². The zero-order valence-corrected chi connectivity index (χ0v) is 15.6. The van der Waals surface area contributed by atoms with Crippen molar-refractivity contribution in [2.75, 3.05) is 11.5 Å². The molecule has 1 N–H and O–H groups in total. The highest BCUT2D eigenvalue weighted by molar-refractivity contribution is 8.17. The third-order valence-electron chi connectivity index (χ3n) is 3.75. The first kappa shape index (κ1) is 17.1. The number of thioether (sulfide) groups is 2. The van der Waals surface area contributed by atoms with E-state index in [1.165, 1.54) is 29.1 Å². The molecule has 122 valence electrons. The second-order valence-electron chi connectivity index (χ2n) is 5.55. The van der Waals surface area contributed by atoms with Gasteiger partial charge < -0.3 is 0 Å². The summed E-state index contributed by atoms with van der Waals surface area (Å²) in [7, 11) is -1.20. The zero-order chi connectivity index (χ0) is 16.1. The van der Waals surface area contributed by atoms with E-state index >= 15 is 0 Å². The Hall–Kier alpha value is -0.750. The molecule has 1 aliphatic heterocycles. The monoisotopic (exact) mass is 363 g/mol. The van der Waals surface area contributed by atoms with Gasteiger partial charge in [-0.1, -0.05) is 48.0 Å². The Balaban J connectivity index is 1.80. The highest BCUT2D eigenvalue weighted by Gasteiger charge is 2.27. The second kappa shape index (κ2) is 8.38. The lowest BCUT2D eigenvalue weighted by Crippen LogP contribution is -2.31. The summed E-state index contributed by atoms with van der Waals surface area (Å²) in [6.45, 7) is 2.04. The minimum absolute atomic E-state index is 0.0913. The fraction of sp³-hybridized carbons (Fsp3) is 0.333. The number of rotatable bonds is 5. The van der Waals surface area contributed by atoms with Crippen molar-refractivity contribution in [3.8, 4) is 0 Å². The Morgan fingerprint density at radius 3 is 2.35 bits per heavy atom. The SMILES string of the molecule is Cc1ccc([S@](=O)N[C@@H](c2ccccc2)C2SCCCS2)cc1. The number of aryl methyl sites for hydroxylation is 1. The van der Waals surface area contributed by atoms with Crippen LogP contribution >= 0.6 is 23.5 Å². The van der Waals surface area contributed by atoms with Crippen LogP contribution in [-0.2, 0) is 11.0 Å². The van der Waals surface area contributed by atoms with Crippen LogP contribution in [-0.4, -0.2) is 20.3 Å². The van der Waals surface area contributed by atoms with E-state index < -0.39 is 11.0 Å². The van der Waals surface area contributed by atoms with Gasteiger partial charge in [0.25, 0.3) is 0 Å². The number of benzene rings is 2. The molecule has 2 atom stereocenters. The molecular weight excluding hydrogens is 342 g/mol. The second-order valence-corrected chi connectivity index (χ2v) is 9.59. The van der Waals surface area contributed by atoms with Gasteiger partial charge in [0, 0.05) is 0 Å². The molecule has 0 aromatic heterocycles. The van der Waals surface area contributed by atoms with Gasteiger partial charge in [0.1, 0.15) is 11.0 Å². The molecule has 1 fully saturated rings. The van der Waals surface area contributed by atoms with E-state index in [-0.39, 0.29) is 6.04 Å². The maximum absolute atomic E-state index is 12.8. The van der Waals surface area contributed by atoms with Gasteiger partial charge in [-0.05, 0) is 42.5 Å². The predicted molar refractivity (Wildman–Crippen MR) is 103 cm³/mol. The van der Waals surface area contributed by atoms with Crippen molar-refractivity contribution in [3.63, 3.8) is 0 Å². The Morgan fingerprint density at radius 2 is 1.70 bits per heavy atom. The topological polar surface area (TPSA) is 29.1 Å². The molecule has 1 aliphatic rings. The van der Waals surface area contributed by atoms with Crippen molar-refractivity contribution >= 4 is 34.5 Å². The van der Waals surface area contributed by atoms with Crippen LogP contribution in [0.25, 0.3) is 0 Å². The Labute approximate surface area is 149 Å². The first-order valence-electron chi connectivity index (χ1n) is 7.77. The lowest BCUT2D eigenvalue weighted by molar-refractivity contribution is 0.647. The number of hydrogen-bond donors (Lipinski definition) is 1. The summed E-state index contributed by atoms with van der Waals surface area (Å²) in [5.74, 6) is 2.36. The Kier molecular flexibility index (Phi) is 6.22. The fourth-order valence-electron chi connectivity index (χ4n) is 2.48. The van der Waals surface area contributed by atoms with Gasteiger partial charge in [0.05, 0.1) is 15.5 Å². The van der Waals surface area contributed by atoms with Gasteiger partial charge in [0.2, 0.25) is 0 Å². The standard InChI is InChI=1S/C18H21NOS3/c1-14-8-10-16(11-9-14)23(20)19-17(15-6-3-2-4-7-15)18-21-12-5-13-22-18/h2-4,6-11,17-19H,5,12-13H2,1H3/t17-,23-/m0/s1. The fourth-order valence-corrected chi connectivity index (χ4v) is 6.75. The molecule has 0 bridgehead atoms. The van der Waals surface area contributed by atoms with Crippen LogP contribution in [0.5, 0.6) is 0 Å².